The molecule has 2 rings (SSSR count). The Labute approximate surface area is 103 Å². The fraction of sp³-hybridized carbons (Fsp3) is 0. The van der Waals surface area contributed by atoms with Crippen molar-refractivity contribution in [3.63, 3.8) is 0 Å². The van der Waals surface area contributed by atoms with Crippen molar-refractivity contribution in [2.45, 2.75) is 0 Å². The zero-order valence-corrected chi connectivity index (χ0v) is 12.1. The summed E-state index contributed by atoms with van der Waals surface area (Å²) >= 11 is 1.32. The number of rotatable bonds is 0. The first-order chi connectivity index (χ1) is 6.00. The van der Waals surface area contributed by atoms with Crippen molar-refractivity contribution in [3.8, 4) is 0 Å². The van der Waals surface area contributed by atoms with E-state index in [0.717, 1.165) is 0 Å². The normalized spacial score (nSPS) is 16.0. The van der Waals surface area contributed by atoms with Gasteiger partial charge in [-0.3, -0.25) is 0 Å². The molecule has 2 aliphatic heterocycles. The molecule has 68 valence electrons. The van der Waals surface area contributed by atoms with Gasteiger partial charge in [-0.25, -0.2) is 0 Å². The third-order valence-corrected chi connectivity index (χ3v) is 3.71. The van der Waals surface area contributed by atoms with Crippen LogP contribution in [0.25, 0.3) is 0 Å². The van der Waals surface area contributed by atoms with E-state index < -0.39 is 0 Å². The molecule has 0 fully saturated rings. The van der Waals surface area contributed by atoms with Gasteiger partial charge in [0, 0.05) is 0 Å². The Morgan fingerprint density at radius 1 is 0.692 bits per heavy atom. The molecule has 0 aliphatic carbocycles. The Kier molecular flexibility index (Phi) is 10.5. The average Bonchev–Trinajstić information content (AvgIpc) is 2.24. The largest absolute Gasteiger partial charge is 2.00 e. The van der Waals surface area contributed by atoms with E-state index in [1.54, 1.807) is 0 Å². The molecule has 0 saturated carbocycles. The fourth-order valence-corrected chi connectivity index (χ4v) is 2.49. The third-order valence-electron chi connectivity index (χ3n) is 1.07. The van der Waals surface area contributed by atoms with E-state index in [9.17, 15) is 0 Å². The van der Waals surface area contributed by atoms with Crippen LogP contribution in [0.3, 0.4) is 0 Å². The van der Waals surface area contributed by atoms with E-state index in [4.69, 9.17) is 0 Å². The first-order valence-corrected chi connectivity index (χ1v) is 7.57. The van der Waals surface area contributed by atoms with Gasteiger partial charge in [0.05, 0.1) is 0 Å². The van der Waals surface area contributed by atoms with Crippen LogP contribution in [0.15, 0.2) is 46.4 Å². The van der Waals surface area contributed by atoms with Gasteiger partial charge in [0.15, 0.2) is 0 Å². The van der Waals surface area contributed by atoms with Crippen molar-refractivity contribution in [1.82, 2.24) is 0 Å². The Morgan fingerprint density at radius 2 is 1.15 bits per heavy atom. The van der Waals surface area contributed by atoms with Crippen molar-refractivity contribution in [2.75, 3.05) is 0 Å². The molecule has 2 aliphatic rings. The first kappa shape index (κ1) is 13.3. The van der Waals surface area contributed by atoms with Gasteiger partial charge in [-0.2, -0.15) is 0 Å². The van der Waals surface area contributed by atoms with Crippen molar-refractivity contribution in [1.29, 1.82) is 0 Å². The maximum absolute atomic E-state index is 2.19. The van der Waals surface area contributed by atoms with Gasteiger partial charge in [-0.05, 0) is 0 Å². The van der Waals surface area contributed by atoms with Gasteiger partial charge in [-0.1, -0.05) is 0 Å². The molecule has 0 unspecified atom stereocenters. The minimum absolute atomic E-state index is 0. The molecule has 0 aromatic heterocycles. The van der Waals surface area contributed by atoms with E-state index in [2.05, 4.69) is 44.9 Å². The van der Waals surface area contributed by atoms with Crippen molar-refractivity contribution < 1.29 is 0 Å². The van der Waals surface area contributed by atoms with Crippen LogP contribution >= 0.6 is 0 Å². The van der Waals surface area contributed by atoms with Crippen molar-refractivity contribution in [2.24, 2.45) is 0 Å². The molecular formula is C10H10Se3. The second-order valence-electron chi connectivity index (χ2n) is 1.97. The summed E-state index contributed by atoms with van der Waals surface area (Å²) in [4.78, 5) is 4.38. The second-order valence-corrected chi connectivity index (χ2v) is 5.40. The van der Waals surface area contributed by atoms with Gasteiger partial charge >= 0.3 is 104 Å². The molecule has 0 amide bonds. The standard InChI is InChI=1S/2C5H5Se.Se/c2*1-2-4-6-5-3-1;/h2*1-5H;/q2*-1;+2. The summed E-state index contributed by atoms with van der Waals surface area (Å²) in [6, 6.07) is 0. The van der Waals surface area contributed by atoms with Crippen molar-refractivity contribution in [3.05, 3.63) is 57.0 Å². The maximum Gasteiger partial charge on any atom is 2.00 e. The topological polar surface area (TPSA) is 0 Å². The Hall–Kier alpha value is 0.258. The molecule has 0 N–H and O–H groups in total. The van der Waals surface area contributed by atoms with Crippen LogP contribution in [0, 0.1) is 10.6 Å². The SMILES string of the molecule is C1=C[CH-][Se]C=C1.C1=C[CH-][Se]C=C1.[Se+2]. The van der Waals surface area contributed by atoms with E-state index in [1.807, 2.05) is 12.2 Å². The predicted octanol–water partition coefficient (Wildman–Crippen LogP) is 1.49. The van der Waals surface area contributed by atoms with Crippen LogP contribution in [-0.2, 0) is 0 Å². The van der Waals surface area contributed by atoms with Crippen LogP contribution in [0.4, 0.5) is 0 Å². The monoisotopic (exact) mass is 370 g/mol. The number of hydrogen-bond donors (Lipinski definition) is 0. The average molecular weight is 367 g/mol. The molecule has 2 heterocycles. The fourth-order valence-electron chi connectivity index (χ4n) is 0.582. The summed E-state index contributed by atoms with van der Waals surface area (Å²) in [5.74, 6) is 0. The van der Waals surface area contributed by atoms with Gasteiger partial charge < -0.3 is 0 Å². The second kappa shape index (κ2) is 10.3. The maximum atomic E-state index is 2.19. The van der Waals surface area contributed by atoms with Crippen LogP contribution in [0.1, 0.15) is 0 Å². The summed E-state index contributed by atoms with van der Waals surface area (Å²) < 4.78 is 0. The number of hydrogen-bond acceptors (Lipinski definition) is 0. The molecular weight excluding hydrogens is 357 g/mol. The van der Waals surface area contributed by atoms with Crippen LogP contribution in [0.2, 0.25) is 0 Å². The molecule has 0 aromatic rings. The van der Waals surface area contributed by atoms with E-state index in [-0.39, 0.29) is 17.1 Å². The Balaban J connectivity index is 0.000000206. The molecule has 3 heteroatoms. The minimum Gasteiger partial charge on any atom is 2.00 e. The molecule has 0 aromatic carbocycles. The smallest absolute Gasteiger partial charge is 2.00 e. The first-order valence-electron chi connectivity index (χ1n) is 3.61. The summed E-state index contributed by atoms with van der Waals surface area (Å²) in [7, 11) is 0. The van der Waals surface area contributed by atoms with Gasteiger partial charge in [0.2, 0.25) is 0 Å². The zero-order valence-electron chi connectivity index (χ0n) is 7.00. The van der Waals surface area contributed by atoms with Gasteiger partial charge in [-0.15, -0.1) is 0 Å². The van der Waals surface area contributed by atoms with E-state index >= 15 is 0 Å². The third kappa shape index (κ3) is 8.58. The molecule has 0 nitrogen and oxygen atoms in total. The molecule has 0 atom stereocenters. The van der Waals surface area contributed by atoms with Crippen LogP contribution in [0.5, 0.6) is 0 Å². The van der Waals surface area contributed by atoms with Crippen LogP contribution < -0.4 is 0 Å². The predicted molar refractivity (Wildman–Crippen MR) is 62.4 cm³/mol. The molecule has 0 saturated heterocycles. The summed E-state index contributed by atoms with van der Waals surface area (Å²) in [6.45, 7) is 0. The van der Waals surface area contributed by atoms with E-state index in [1.165, 1.54) is 0 Å². The molecule has 13 heavy (non-hydrogen) atoms. The Morgan fingerprint density at radius 3 is 1.23 bits per heavy atom. The molecule has 4 radical (unpaired) electrons. The zero-order chi connectivity index (χ0) is 8.49. The quantitative estimate of drug-likeness (QED) is 0.450. The van der Waals surface area contributed by atoms with E-state index in [0.29, 0.717) is 29.9 Å². The summed E-state index contributed by atoms with van der Waals surface area (Å²) in [6.07, 6.45) is 12.4. The summed E-state index contributed by atoms with van der Waals surface area (Å²) in [5.41, 5.74) is 0. The van der Waals surface area contributed by atoms with Gasteiger partial charge in [0.1, 0.15) is 0 Å². The van der Waals surface area contributed by atoms with Crippen LogP contribution in [-0.4, -0.2) is 47.0 Å². The van der Waals surface area contributed by atoms with Gasteiger partial charge in [0.25, 0.3) is 0 Å². The molecule has 0 bridgehead atoms. The minimum atomic E-state index is 0. The Bertz CT molecular complexity index is 166. The molecule has 0 spiro atoms. The van der Waals surface area contributed by atoms with Crippen molar-refractivity contribution >= 4 is 47.0 Å². The number of allylic oxidation sites excluding steroid dienone is 6. The summed E-state index contributed by atoms with van der Waals surface area (Å²) in [5, 5.41) is 4.38.